The van der Waals surface area contributed by atoms with Gasteiger partial charge < -0.3 is 5.32 Å². The summed E-state index contributed by atoms with van der Waals surface area (Å²) in [5.41, 5.74) is 1.35. The average Bonchev–Trinajstić information content (AvgIpc) is 2.33. The molecule has 1 atom stereocenters. The molecule has 0 aromatic heterocycles. The van der Waals surface area contributed by atoms with Crippen molar-refractivity contribution in [2.45, 2.75) is 43.5 Å². The van der Waals surface area contributed by atoms with Crippen LogP contribution in [0.1, 0.15) is 31.2 Å². The lowest BCUT2D eigenvalue weighted by molar-refractivity contribution is 0.395. The summed E-state index contributed by atoms with van der Waals surface area (Å²) >= 11 is 1.98. The van der Waals surface area contributed by atoms with Crippen molar-refractivity contribution in [2.75, 3.05) is 12.3 Å². The van der Waals surface area contributed by atoms with Crippen LogP contribution in [0.25, 0.3) is 0 Å². The molecule has 0 spiro atoms. The fraction of sp³-hybridized carbons (Fsp3) is 0.571. The van der Waals surface area contributed by atoms with E-state index in [9.17, 15) is 0 Å². The summed E-state index contributed by atoms with van der Waals surface area (Å²) in [6, 6.07) is 9.62. The topological polar surface area (TPSA) is 12.0 Å². The molecule has 2 rings (SSSR count). The Balaban J connectivity index is 1.69. The van der Waals surface area contributed by atoms with Gasteiger partial charge in [0, 0.05) is 10.9 Å². The normalized spacial score (nSPS) is 20.9. The van der Waals surface area contributed by atoms with E-state index < -0.39 is 0 Å². The third-order valence-corrected chi connectivity index (χ3v) is 4.21. The van der Waals surface area contributed by atoms with E-state index in [1.165, 1.54) is 48.4 Å². The van der Waals surface area contributed by atoms with Gasteiger partial charge in [0.1, 0.15) is 0 Å². The van der Waals surface area contributed by atoms with Crippen LogP contribution < -0.4 is 5.32 Å². The molecule has 1 heterocycles. The molecule has 0 aliphatic carbocycles. The first kappa shape index (κ1) is 12.0. The van der Waals surface area contributed by atoms with E-state index >= 15 is 0 Å². The minimum absolute atomic E-state index is 0.770. The molecular weight excluding hydrogens is 214 g/mol. The molecule has 0 unspecified atom stereocenters. The van der Waals surface area contributed by atoms with Crippen molar-refractivity contribution in [2.24, 2.45) is 0 Å². The van der Waals surface area contributed by atoms with E-state index in [-0.39, 0.29) is 0 Å². The molecule has 1 aromatic rings. The van der Waals surface area contributed by atoms with Crippen molar-refractivity contribution in [3.05, 3.63) is 29.8 Å². The van der Waals surface area contributed by atoms with Gasteiger partial charge in [0.15, 0.2) is 0 Å². The van der Waals surface area contributed by atoms with Gasteiger partial charge in [-0.1, -0.05) is 24.1 Å². The predicted molar refractivity (Wildman–Crippen MR) is 72.2 cm³/mol. The Labute approximate surface area is 103 Å². The van der Waals surface area contributed by atoms with Crippen molar-refractivity contribution in [1.29, 1.82) is 0 Å². The number of thioether (sulfide) groups is 1. The number of benzene rings is 1. The minimum Gasteiger partial charge on any atom is -0.314 e. The van der Waals surface area contributed by atoms with Crippen molar-refractivity contribution < 1.29 is 0 Å². The highest BCUT2D eigenvalue weighted by atomic mass is 32.2. The highest BCUT2D eigenvalue weighted by Crippen LogP contribution is 2.21. The Morgan fingerprint density at radius 2 is 2.06 bits per heavy atom. The number of rotatable bonds is 4. The molecule has 16 heavy (non-hydrogen) atoms. The summed E-state index contributed by atoms with van der Waals surface area (Å²) in [5, 5.41) is 3.60. The maximum atomic E-state index is 3.60. The molecule has 0 radical (unpaired) electrons. The lowest BCUT2D eigenvalue weighted by Gasteiger charge is -2.23. The van der Waals surface area contributed by atoms with Gasteiger partial charge >= 0.3 is 0 Å². The molecular formula is C14H21NS. The van der Waals surface area contributed by atoms with Gasteiger partial charge in [-0.25, -0.2) is 0 Å². The Morgan fingerprint density at radius 1 is 1.25 bits per heavy atom. The fourth-order valence-electron chi connectivity index (χ4n) is 2.12. The van der Waals surface area contributed by atoms with Crippen LogP contribution >= 0.6 is 11.8 Å². The van der Waals surface area contributed by atoms with Crippen LogP contribution in [0.5, 0.6) is 0 Å². The highest BCUT2D eigenvalue weighted by molar-refractivity contribution is 7.99. The van der Waals surface area contributed by atoms with Crippen LogP contribution in [0, 0.1) is 6.92 Å². The lowest BCUT2D eigenvalue weighted by Crippen LogP contribution is -2.34. The van der Waals surface area contributed by atoms with Crippen molar-refractivity contribution in [3.8, 4) is 0 Å². The molecule has 0 amide bonds. The van der Waals surface area contributed by atoms with Crippen LogP contribution in [0.3, 0.4) is 0 Å². The zero-order valence-electron chi connectivity index (χ0n) is 10.0. The summed E-state index contributed by atoms with van der Waals surface area (Å²) in [7, 11) is 0. The molecule has 2 heteroatoms. The SMILES string of the molecule is Cc1ccc(SCC[C@H]2CCCCN2)cc1. The van der Waals surface area contributed by atoms with Gasteiger partial charge in [-0.2, -0.15) is 0 Å². The lowest BCUT2D eigenvalue weighted by atomic mass is 10.0. The monoisotopic (exact) mass is 235 g/mol. The summed E-state index contributed by atoms with van der Waals surface area (Å²) < 4.78 is 0. The fourth-order valence-corrected chi connectivity index (χ4v) is 3.09. The Morgan fingerprint density at radius 3 is 2.75 bits per heavy atom. The first-order valence-corrected chi connectivity index (χ1v) is 7.26. The molecule has 1 N–H and O–H groups in total. The predicted octanol–water partition coefficient (Wildman–Crippen LogP) is 3.62. The second-order valence-corrected chi connectivity index (χ2v) is 5.77. The summed E-state index contributed by atoms with van der Waals surface area (Å²) in [4.78, 5) is 1.40. The number of hydrogen-bond donors (Lipinski definition) is 1. The molecule has 88 valence electrons. The van der Waals surface area contributed by atoms with Crippen LogP contribution in [0.4, 0.5) is 0 Å². The zero-order valence-corrected chi connectivity index (χ0v) is 10.9. The van der Waals surface area contributed by atoms with Gasteiger partial charge in [0.25, 0.3) is 0 Å². The molecule has 0 bridgehead atoms. The van der Waals surface area contributed by atoms with Crippen molar-refractivity contribution in [1.82, 2.24) is 5.32 Å². The van der Waals surface area contributed by atoms with Crippen LogP contribution in [0.2, 0.25) is 0 Å². The zero-order chi connectivity index (χ0) is 11.2. The van der Waals surface area contributed by atoms with Gasteiger partial charge in [-0.15, -0.1) is 11.8 Å². The maximum Gasteiger partial charge on any atom is 0.00750 e. The maximum absolute atomic E-state index is 3.60. The van der Waals surface area contributed by atoms with Crippen LogP contribution in [0.15, 0.2) is 29.2 Å². The van der Waals surface area contributed by atoms with E-state index in [2.05, 4.69) is 36.5 Å². The molecule has 1 nitrogen and oxygen atoms in total. The van der Waals surface area contributed by atoms with Crippen molar-refractivity contribution in [3.63, 3.8) is 0 Å². The first-order valence-electron chi connectivity index (χ1n) is 6.27. The van der Waals surface area contributed by atoms with E-state index in [1.54, 1.807) is 0 Å². The highest BCUT2D eigenvalue weighted by Gasteiger charge is 2.11. The smallest absolute Gasteiger partial charge is 0.00750 e. The molecule has 1 aliphatic heterocycles. The second kappa shape index (κ2) is 6.31. The molecule has 1 fully saturated rings. The van der Waals surface area contributed by atoms with E-state index in [1.807, 2.05) is 11.8 Å². The first-order chi connectivity index (χ1) is 7.84. The minimum atomic E-state index is 0.770. The average molecular weight is 235 g/mol. The molecule has 1 saturated heterocycles. The number of piperidine rings is 1. The summed E-state index contributed by atoms with van der Waals surface area (Å²) in [6.45, 7) is 3.36. The number of nitrogens with one attached hydrogen (secondary N) is 1. The van der Waals surface area contributed by atoms with Gasteiger partial charge in [-0.05, 0) is 50.6 Å². The van der Waals surface area contributed by atoms with E-state index in [0.717, 1.165) is 6.04 Å². The third kappa shape index (κ3) is 3.84. The van der Waals surface area contributed by atoms with Crippen LogP contribution in [-0.4, -0.2) is 18.3 Å². The van der Waals surface area contributed by atoms with E-state index in [4.69, 9.17) is 0 Å². The number of hydrogen-bond acceptors (Lipinski definition) is 2. The van der Waals surface area contributed by atoms with Gasteiger partial charge in [0.2, 0.25) is 0 Å². The Bertz CT molecular complexity index is 301. The summed E-state index contributed by atoms with van der Waals surface area (Å²) in [5.74, 6) is 1.24. The quantitative estimate of drug-likeness (QED) is 0.800. The number of aryl methyl sites for hydroxylation is 1. The third-order valence-electron chi connectivity index (χ3n) is 3.17. The largest absolute Gasteiger partial charge is 0.314 e. The molecule has 1 aliphatic rings. The van der Waals surface area contributed by atoms with Crippen LogP contribution in [-0.2, 0) is 0 Å². The molecule has 1 aromatic carbocycles. The summed E-state index contributed by atoms with van der Waals surface area (Å²) in [6.07, 6.45) is 5.45. The van der Waals surface area contributed by atoms with Crippen molar-refractivity contribution >= 4 is 11.8 Å². The van der Waals surface area contributed by atoms with Gasteiger partial charge in [-0.3, -0.25) is 0 Å². The standard InChI is InChI=1S/C14H21NS/c1-12-5-7-14(8-6-12)16-11-9-13-4-2-3-10-15-13/h5-8,13,15H,2-4,9-11H2,1H3/t13-/m1/s1. The van der Waals surface area contributed by atoms with Gasteiger partial charge in [0.05, 0.1) is 0 Å². The Hall–Kier alpha value is -0.470. The second-order valence-electron chi connectivity index (χ2n) is 4.60. The van der Waals surface area contributed by atoms with E-state index in [0.29, 0.717) is 0 Å². The Kier molecular flexibility index (Phi) is 4.73. The molecule has 0 saturated carbocycles.